The number of aliphatic hydroxyl groups is 1. The third-order valence-corrected chi connectivity index (χ3v) is 13.5. The summed E-state index contributed by atoms with van der Waals surface area (Å²) in [5.41, 5.74) is 1.83. The molecule has 7 atom stereocenters. The summed E-state index contributed by atoms with van der Waals surface area (Å²) in [4.78, 5) is 47.0. The van der Waals surface area contributed by atoms with Crippen LogP contribution in [0.5, 0.6) is 0 Å². The third kappa shape index (κ3) is 3.57. The maximum atomic E-state index is 13.9. The summed E-state index contributed by atoms with van der Waals surface area (Å²) < 4.78 is 0. The van der Waals surface area contributed by atoms with Gasteiger partial charge in [-0.1, -0.05) is 62.4 Å². The molecule has 5 aliphatic rings. The van der Waals surface area contributed by atoms with Crippen molar-refractivity contribution < 1.29 is 24.3 Å². The number of hydrogen-bond acceptors (Lipinski definition) is 7. The smallest absolute Gasteiger partial charge is 0.340 e. The minimum Gasteiger partial charge on any atom is -0.395 e. The van der Waals surface area contributed by atoms with Gasteiger partial charge >= 0.3 is 5.97 Å². The quantitative estimate of drug-likeness (QED) is 0.354. The van der Waals surface area contributed by atoms with Crippen molar-refractivity contribution in [2.75, 3.05) is 6.61 Å². The third-order valence-electron chi connectivity index (χ3n) is 13.5. The van der Waals surface area contributed by atoms with Crippen molar-refractivity contribution in [3.05, 3.63) is 59.2 Å². The van der Waals surface area contributed by atoms with Crippen LogP contribution in [0.25, 0.3) is 11.0 Å². The summed E-state index contributed by atoms with van der Waals surface area (Å²) in [6, 6.07) is 7.46. The van der Waals surface area contributed by atoms with Crippen molar-refractivity contribution >= 4 is 28.6 Å². The molecule has 1 N–H and O–H groups in total. The first kappa shape index (κ1) is 29.3. The Hall–Kier alpha value is -3.39. The number of allylic oxidation sites excluding steroid dienone is 5. The Bertz CT molecular complexity index is 1740. The van der Waals surface area contributed by atoms with E-state index in [1.165, 1.54) is 10.4 Å². The van der Waals surface area contributed by atoms with E-state index < -0.39 is 34.4 Å². The number of aromatic nitrogens is 3. The van der Waals surface area contributed by atoms with Crippen LogP contribution in [0.3, 0.4) is 0 Å². The minimum absolute atomic E-state index is 0.0971. The van der Waals surface area contributed by atoms with Gasteiger partial charge in [-0.05, 0) is 116 Å². The Kier molecular flexibility index (Phi) is 6.06. The number of hydrogen-bond donors (Lipinski definition) is 1. The number of carbonyl (C=O) groups is 3. The van der Waals surface area contributed by atoms with Crippen LogP contribution in [0, 0.1) is 38.4 Å². The number of rotatable bonds is 3. The van der Waals surface area contributed by atoms with Crippen LogP contribution in [-0.4, -0.2) is 44.4 Å². The predicted octanol–water partition coefficient (Wildman–Crippen LogP) is 5.75. The summed E-state index contributed by atoms with van der Waals surface area (Å²) in [5, 5.41) is 18.6. The van der Waals surface area contributed by atoms with Crippen LogP contribution >= 0.6 is 0 Å². The Morgan fingerprint density at radius 2 is 1.68 bits per heavy atom. The molecule has 8 nitrogen and oxygen atoms in total. The number of fused-ring (bicyclic) bond motifs is 8. The molecule has 7 rings (SSSR count). The molecule has 8 heteroatoms. The first-order valence-corrected chi connectivity index (χ1v) is 16.0. The van der Waals surface area contributed by atoms with E-state index in [4.69, 9.17) is 4.84 Å². The molecular formula is C36H43N3O5. The molecular weight excluding hydrogens is 554 g/mol. The van der Waals surface area contributed by atoms with Crippen molar-refractivity contribution in [2.45, 2.75) is 86.5 Å². The maximum Gasteiger partial charge on any atom is 0.340 e. The van der Waals surface area contributed by atoms with E-state index >= 15 is 0 Å². The molecule has 0 bridgehead atoms. The topological polar surface area (TPSA) is 111 Å². The van der Waals surface area contributed by atoms with Crippen molar-refractivity contribution in [3.63, 3.8) is 0 Å². The number of aliphatic hydroxyl groups excluding tert-OH is 1. The van der Waals surface area contributed by atoms with Crippen molar-refractivity contribution in [1.82, 2.24) is 15.2 Å². The van der Waals surface area contributed by atoms with E-state index in [-0.39, 0.29) is 28.1 Å². The number of nitrogens with zero attached hydrogens (tertiary/aromatic N) is 3. The molecule has 5 aliphatic carbocycles. The molecule has 232 valence electrons. The largest absolute Gasteiger partial charge is 0.395 e. The molecule has 0 radical (unpaired) electrons. The second-order valence-electron chi connectivity index (χ2n) is 15.8. The van der Waals surface area contributed by atoms with Crippen LogP contribution in [0.2, 0.25) is 0 Å². The van der Waals surface area contributed by atoms with E-state index in [9.17, 15) is 19.5 Å². The van der Waals surface area contributed by atoms with Gasteiger partial charge in [0.25, 0.3) is 0 Å². The van der Waals surface area contributed by atoms with Gasteiger partial charge in [0.2, 0.25) is 11.6 Å². The first-order chi connectivity index (χ1) is 20.7. The fraction of sp³-hybridized carbons (Fsp3) is 0.583. The monoisotopic (exact) mass is 597 g/mol. The standard InChI is InChI=1S/C36H43N3O5/c1-31-13-14-32(2,30(43)44-39-25-10-8-7-9-24(25)37-38-39)20-28(31)36(6)18-16-33(3)23-19-26(41)29(42)34(4,21-40)22(23)11-12-27(33)35(36,5)17-15-31/h7-12,19,28,40H,13-18,20-21H2,1-6H3/t28-,31-,32-,33+,34+,35-,36+/m1/s1. The van der Waals surface area contributed by atoms with E-state index in [1.807, 2.05) is 30.3 Å². The van der Waals surface area contributed by atoms with E-state index in [0.29, 0.717) is 11.0 Å². The van der Waals surface area contributed by atoms with Crippen molar-refractivity contribution in [3.8, 4) is 0 Å². The van der Waals surface area contributed by atoms with Gasteiger partial charge in [-0.2, -0.15) is 0 Å². The lowest BCUT2D eigenvalue weighted by Gasteiger charge is -2.70. The minimum atomic E-state index is -1.22. The molecule has 2 aromatic rings. The van der Waals surface area contributed by atoms with Crippen LogP contribution in [-0.2, 0) is 14.4 Å². The molecule has 1 aromatic heterocycles. The summed E-state index contributed by atoms with van der Waals surface area (Å²) >= 11 is 0. The Balaban J connectivity index is 1.26. The number of benzene rings is 1. The molecule has 3 fully saturated rings. The van der Waals surface area contributed by atoms with Gasteiger partial charge in [0.05, 0.1) is 17.4 Å². The SMILES string of the molecule is C[C@@]1(C(=O)On2nnc3ccccc32)CC[C@]2(C)CC[C@]3(C)C4=CC=C5C(=CC(=O)C(=O)[C@@]5(C)CO)[C@]4(C)CC[C@@]3(C)[C@@H]2C1. The lowest BCUT2D eigenvalue weighted by atomic mass is 9.34. The highest BCUT2D eigenvalue weighted by Crippen LogP contribution is 2.75. The van der Waals surface area contributed by atoms with Crippen LogP contribution in [0.1, 0.15) is 86.5 Å². The lowest BCUT2D eigenvalue weighted by molar-refractivity contribution is -0.183. The highest BCUT2D eigenvalue weighted by atomic mass is 16.7. The highest BCUT2D eigenvalue weighted by molar-refractivity contribution is 6.45. The number of carbonyl (C=O) groups excluding carboxylic acids is 3. The Morgan fingerprint density at radius 3 is 2.43 bits per heavy atom. The number of ketones is 2. The van der Waals surface area contributed by atoms with Gasteiger partial charge in [-0.3, -0.25) is 9.59 Å². The fourth-order valence-corrected chi connectivity index (χ4v) is 10.1. The van der Waals surface area contributed by atoms with E-state index in [0.717, 1.165) is 56.1 Å². The molecule has 0 aliphatic heterocycles. The van der Waals surface area contributed by atoms with Gasteiger partial charge in [0.15, 0.2) is 0 Å². The van der Waals surface area contributed by atoms with Gasteiger partial charge < -0.3 is 9.94 Å². The Labute approximate surface area is 258 Å². The van der Waals surface area contributed by atoms with E-state index in [1.54, 1.807) is 13.0 Å². The Morgan fingerprint density at radius 1 is 0.955 bits per heavy atom. The molecule has 1 aromatic carbocycles. The van der Waals surface area contributed by atoms with Crippen LogP contribution in [0.4, 0.5) is 0 Å². The van der Waals surface area contributed by atoms with Gasteiger partial charge in [0.1, 0.15) is 11.0 Å². The molecule has 3 saturated carbocycles. The summed E-state index contributed by atoms with van der Waals surface area (Å²) in [5.74, 6) is -1.06. The molecule has 1 heterocycles. The van der Waals surface area contributed by atoms with Crippen molar-refractivity contribution in [2.24, 2.45) is 38.4 Å². The molecule has 0 unspecified atom stereocenters. The van der Waals surface area contributed by atoms with Crippen molar-refractivity contribution in [1.29, 1.82) is 0 Å². The predicted molar refractivity (Wildman–Crippen MR) is 165 cm³/mol. The molecule has 44 heavy (non-hydrogen) atoms. The second-order valence-corrected chi connectivity index (χ2v) is 15.8. The molecule has 0 saturated heterocycles. The normalized spacial score (nSPS) is 41.4. The van der Waals surface area contributed by atoms with Gasteiger partial charge in [0, 0.05) is 5.41 Å². The zero-order valence-corrected chi connectivity index (χ0v) is 26.7. The molecule has 0 spiro atoms. The van der Waals surface area contributed by atoms with Crippen LogP contribution in [0.15, 0.2) is 59.2 Å². The average Bonchev–Trinajstić information content (AvgIpc) is 3.41. The van der Waals surface area contributed by atoms with Crippen LogP contribution < -0.4 is 4.84 Å². The fourth-order valence-electron chi connectivity index (χ4n) is 10.1. The first-order valence-electron chi connectivity index (χ1n) is 16.0. The summed E-state index contributed by atoms with van der Waals surface area (Å²) in [6.07, 6.45) is 12.0. The highest BCUT2D eigenvalue weighted by Gasteiger charge is 2.68. The second kappa shape index (κ2) is 9.09. The summed E-state index contributed by atoms with van der Waals surface area (Å²) in [6.45, 7) is 12.8. The number of Topliss-reactive ketones (excluding diaryl/α,β-unsaturated/α-hetero) is 1. The summed E-state index contributed by atoms with van der Waals surface area (Å²) in [7, 11) is 0. The van der Waals surface area contributed by atoms with E-state index in [2.05, 4.69) is 51.0 Å². The van der Waals surface area contributed by atoms with Gasteiger partial charge in [-0.25, -0.2) is 4.79 Å². The molecule has 0 amide bonds. The van der Waals surface area contributed by atoms with Gasteiger partial charge in [-0.15, -0.1) is 5.10 Å². The lowest BCUT2D eigenvalue weighted by Crippen LogP contribution is -2.62. The zero-order chi connectivity index (χ0) is 31.5. The number of para-hydroxylation sites is 1. The maximum absolute atomic E-state index is 13.9. The zero-order valence-electron chi connectivity index (χ0n) is 26.7. The average molecular weight is 598 g/mol.